The van der Waals surface area contributed by atoms with Crippen LogP contribution in [0.3, 0.4) is 0 Å². The van der Waals surface area contributed by atoms with E-state index >= 15 is 0 Å². The van der Waals surface area contributed by atoms with Gasteiger partial charge in [-0.1, -0.05) is 6.07 Å². The number of ether oxygens (including phenoxy) is 3. The van der Waals surface area contributed by atoms with Crippen molar-refractivity contribution in [2.45, 2.75) is 20.8 Å². The number of hydrogen-bond donors (Lipinski definition) is 0. The first-order valence-electron chi connectivity index (χ1n) is 8.36. The maximum atomic E-state index is 12.4. The second-order valence-electron chi connectivity index (χ2n) is 5.21. The molecule has 0 saturated heterocycles. The standard InChI is InChI=1S/C19H24N2O4/c1-5-23-16-9-8-14(13-17(16)24-6-2)12-15(19(22)25-7-3)18-20-10-11-21(18)4/h8-13H,5-7H2,1-4H3/b15-12-. The molecule has 0 amide bonds. The van der Waals surface area contributed by atoms with E-state index in [9.17, 15) is 4.79 Å². The summed E-state index contributed by atoms with van der Waals surface area (Å²) in [6.07, 6.45) is 5.18. The van der Waals surface area contributed by atoms with Crippen molar-refractivity contribution in [3.63, 3.8) is 0 Å². The number of carbonyl (C=O) groups excluding carboxylic acids is 1. The van der Waals surface area contributed by atoms with Gasteiger partial charge in [-0.15, -0.1) is 0 Å². The Kier molecular flexibility index (Phi) is 6.62. The highest BCUT2D eigenvalue weighted by molar-refractivity contribution is 6.20. The summed E-state index contributed by atoms with van der Waals surface area (Å²) in [5.41, 5.74) is 1.19. The number of nitrogens with zero attached hydrogens (tertiary/aromatic N) is 2. The molecule has 6 nitrogen and oxygen atoms in total. The zero-order valence-corrected chi connectivity index (χ0v) is 15.1. The molecule has 0 aliphatic rings. The van der Waals surface area contributed by atoms with Crippen molar-refractivity contribution in [1.29, 1.82) is 0 Å². The summed E-state index contributed by atoms with van der Waals surface area (Å²) < 4.78 is 18.2. The van der Waals surface area contributed by atoms with Gasteiger partial charge in [0.05, 0.1) is 19.8 Å². The highest BCUT2D eigenvalue weighted by Gasteiger charge is 2.18. The maximum absolute atomic E-state index is 12.4. The van der Waals surface area contributed by atoms with Gasteiger partial charge in [0.1, 0.15) is 11.4 Å². The molecule has 0 aliphatic heterocycles. The minimum Gasteiger partial charge on any atom is -0.490 e. The Labute approximate surface area is 148 Å². The van der Waals surface area contributed by atoms with Crippen molar-refractivity contribution in [2.75, 3.05) is 19.8 Å². The summed E-state index contributed by atoms with van der Waals surface area (Å²) in [6.45, 7) is 6.99. The topological polar surface area (TPSA) is 62.6 Å². The van der Waals surface area contributed by atoms with Crippen LogP contribution < -0.4 is 9.47 Å². The minimum atomic E-state index is -0.413. The van der Waals surface area contributed by atoms with Gasteiger partial charge in [0.25, 0.3) is 0 Å². The number of aromatic nitrogens is 2. The molecule has 134 valence electrons. The third-order valence-corrected chi connectivity index (χ3v) is 3.44. The number of benzene rings is 1. The molecule has 0 bridgehead atoms. The zero-order chi connectivity index (χ0) is 18.2. The lowest BCUT2D eigenvalue weighted by molar-refractivity contribution is -0.136. The van der Waals surface area contributed by atoms with Gasteiger partial charge >= 0.3 is 5.97 Å². The molecule has 2 rings (SSSR count). The van der Waals surface area contributed by atoms with E-state index in [1.165, 1.54) is 0 Å². The lowest BCUT2D eigenvalue weighted by Crippen LogP contribution is -2.10. The van der Waals surface area contributed by atoms with Crippen LogP contribution in [-0.4, -0.2) is 35.3 Å². The molecule has 0 atom stereocenters. The highest BCUT2D eigenvalue weighted by Crippen LogP contribution is 2.30. The first-order chi connectivity index (χ1) is 12.1. The highest BCUT2D eigenvalue weighted by atomic mass is 16.5. The number of esters is 1. The van der Waals surface area contributed by atoms with Crippen LogP contribution in [0.2, 0.25) is 0 Å². The Morgan fingerprint density at radius 3 is 2.44 bits per heavy atom. The second kappa shape index (κ2) is 8.92. The summed E-state index contributed by atoms with van der Waals surface area (Å²) in [4.78, 5) is 16.6. The van der Waals surface area contributed by atoms with Crippen molar-refractivity contribution < 1.29 is 19.0 Å². The fourth-order valence-corrected chi connectivity index (χ4v) is 2.37. The lowest BCUT2D eigenvalue weighted by atomic mass is 10.1. The Hall–Kier alpha value is -2.76. The van der Waals surface area contributed by atoms with Crippen LogP contribution in [0.15, 0.2) is 30.6 Å². The zero-order valence-electron chi connectivity index (χ0n) is 15.1. The molecule has 6 heteroatoms. The monoisotopic (exact) mass is 344 g/mol. The maximum Gasteiger partial charge on any atom is 0.341 e. The molecule has 1 heterocycles. The predicted octanol–water partition coefficient (Wildman–Crippen LogP) is 3.32. The van der Waals surface area contributed by atoms with Gasteiger partial charge in [-0.25, -0.2) is 9.78 Å². The molecule has 25 heavy (non-hydrogen) atoms. The van der Waals surface area contributed by atoms with Gasteiger partial charge in [-0.2, -0.15) is 0 Å². The van der Waals surface area contributed by atoms with Crippen LogP contribution in [0.1, 0.15) is 32.2 Å². The molecule has 0 spiro atoms. The molecule has 0 N–H and O–H groups in total. The Bertz CT molecular complexity index is 750. The number of imidazole rings is 1. The molecule has 2 aromatic rings. The van der Waals surface area contributed by atoms with Gasteiger partial charge in [0.2, 0.25) is 0 Å². The molecule has 0 fully saturated rings. The van der Waals surface area contributed by atoms with Gasteiger partial charge in [0, 0.05) is 19.4 Å². The first kappa shape index (κ1) is 18.6. The number of hydrogen-bond acceptors (Lipinski definition) is 5. The van der Waals surface area contributed by atoms with Crippen molar-refractivity contribution >= 4 is 17.6 Å². The molecule has 1 aromatic carbocycles. The van der Waals surface area contributed by atoms with E-state index in [2.05, 4.69) is 4.98 Å². The van der Waals surface area contributed by atoms with Crippen molar-refractivity contribution in [3.8, 4) is 11.5 Å². The average Bonchev–Trinajstić information content (AvgIpc) is 3.01. The summed E-state index contributed by atoms with van der Waals surface area (Å²) in [5, 5.41) is 0. The van der Waals surface area contributed by atoms with E-state index in [1.54, 1.807) is 30.0 Å². The third-order valence-electron chi connectivity index (χ3n) is 3.44. The van der Waals surface area contributed by atoms with E-state index in [4.69, 9.17) is 14.2 Å². The minimum absolute atomic E-state index is 0.300. The van der Waals surface area contributed by atoms with Crippen LogP contribution in [0.5, 0.6) is 11.5 Å². The van der Waals surface area contributed by atoms with Crippen molar-refractivity contribution in [3.05, 3.63) is 42.0 Å². The molecular formula is C19H24N2O4. The fourth-order valence-electron chi connectivity index (χ4n) is 2.37. The lowest BCUT2D eigenvalue weighted by Gasteiger charge is -2.12. The van der Waals surface area contributed by atoms with E-state index in [-0.39, 0.29) is 0 Å². The second-order valence-corrected chi connectivity index (χ2v) is 5.21. The van der Waals surface area contributed by atoms with E-state index in [0.717, 1.165) is 5.56 Å². The van der Waals surface area contributed by atoms with Gasteiger partial charge in [-0.3, -0.25) is 0 Å². The average molecular weight is 344 g/mol. The first-order valence-corrected chi connectivity index (χ1v) is 8.36. The quantitative estimate of drug-likeness (QED) is 0.543. The molecular weight excluding hydrogens is 320 g/mol. The molecule has 0 radical (unpaired) electrons. The third kappa shape index (κ3) is 4.62. The predicted molar refractivity (Wildman–Crippen MR) is 96.5 cm³/mol. The fraction of sp³-hybridized carbons (Fsp3) is 0.368. The van der Waals surface area contributed by atoms with E-state index in [1.807, 2.05) is 39.1 Å². The SMILES string of the molecule is CCOC(=O)/C(=C\c1ccc(OCC)c(OCC)c1)c1nccn1C. The summed E-state index contributed by atoms with van der Waals surface area (Å²) in [7, 11) is 1.83. The van der Waals surface area contributed by atoms with Gasteiger partial charge < -0.3 is 18.8 Å². The Balaban J connectivity index is 2.46. The van der Waals surface area contributed by atoms with E-state index < -0.39 is 5.97 Å². The van der Waals surface area contributed by atoms with Gasteiger partial charge in [-0.05, 0) is 44.5 Å². The van der Waals surface area contributed by atoms with Crippen LogP contribution in [-0.2, 0) is 16.6 Å². The number of carbonyl (C=O) groups is 1. The summed E-state index contributed by atoms with van der Waals surface area (Å²) >= 11 is 0. The number of rotatable bonds is 8. The van der Waals surface area contributed by atoms with Crippen LogP contribution >= 0.6 is 0 Å². The summed E-state index contributed by atoms with van der Waals surface area (Å²) in [5.74, 6) is 1.45. The normalized spacial score (nSPS) is 11.3. The van der Waals surface area contributed by atoms with Gasteiger partial charge in [0.15, 0.2) is 11.5 Å². The van der Waals surface area contributed by atoms with Crippen molar-refractivity contribution in [1.82, 2.24) is 9.55 Å². The molecule has 0 aliphatic carbocycles. The smallest absolute Gasteiger partial charge is 0.341 e. The Morgan fingerprint density at radius 2 is 1.84 bits per heavy atom. The van der Waals surface area contributed by atoms with Crippen molar-refractivity contribution in [2.24, 2.45) is 7.05 Å². The summed E-state index contributed by atoms with van der Waals surface area (Å²) in [6, 6.07) is 5.55. The van der Waals surface area contributed by atoms with Crippen LogP contribution in [0, 0.1) is 0 Å². The molecule has 1 aromatic heterocycles. The van der Waals surface area contributed by atoms with Crippen LogP contribution in [0.4, 0.5) is 0 Å². The number of aryl methyl sites for hydroxylation is 1. The van der Waals surface area contributed by atoms with Crippen LogP contribution in [0.25, 0.3) is 11.6 Å². The Morgan fingerprint density at radius 1 is 1.12 bits per heavy atom. The van der Waals surface area contributed by atoms with E-state index in [0.29, 0.717) is 42.7 Å². The molecule has 0 unspecified atom stereocenters. The molecule has 0 saturated carbocycles. The largest absolute Gasteiger partial charge is 0.490 e.